The molecule has 1 heterocycles. The Labute approximate surface area is 166 Å². The summed E-state index contributed by atoms with van der Waals surface area (Å²) < 4.78 is 1.54. The van der Waals surface area contributed by atoms with Crippen molar-refractivity contribution in [3.8, 4) is 5.69 Å². The van der Waals surface area contributed by atoms with Crippen molar-refractivity contribution in [2.75, 3.05) is 0 Å². The van der Waals surface area contributed by atoms with Crippen molar-refractivity contribution >= 4 is 28.7 Å². The van der Waals surface area contributed by atoms with E-state index in [-0.39, 0.29) is 11.1 Å². The molecule has 3 aromatic carbocycles. The summed E-state index contributed by atoms with van der Waals surface area (Å²) in [5.74, 6) is 0. The van der Waals surface area contributed by atoms with Crippen LogP contribution in [0.2, 0.25) is 0 Å². The fraction of sp³-hybridized carbons (Fsp3) is 0.0435. The van der Waals surface area contributed by atoms with Crippen LogP contribution in [0, 0.1) is 17.0 Å². The molecule has 0 N–H and O–H groups in total. The topological polar surface area (TPSA) is 78.0 Å². The van der Waals surface area contributed by atoms with E-state index in [0.29, 0.717) is 22.3 Å². The van der Waals surface area contributed by atoms with Gasteiger partial charge in [0.25, 0.3) is 5.69 Å². The van der Waals surface area contributed by atoms with Crippen LogP contribution in [0.15, 0.2) is 77.6 Å². The Hall–Kier alpha value is -4.06. The number of hydrogen-bond acceptors (Lipinski definition) is 4. The number of aromatic nitrogens is 2. The zero-order valence-electron chi connectivity index (χ0n) is 15.6. The molecule has 0 amide bonds. The molecule has 6 nitrogen and oxygen atoms in total. The minimum absolute atomic E-state index is 0.0161. The lowest BCUT2D eigenvalue weighted by Crippen LogP contribution is -2.05. The van der Waals surface area contributed by atoms with Crippen molar-refractivity contribution in [3.05, 3.63) is 110 Å². The molecule has 4 rings (SSSR count). The highest BCUT2D eigenvalue weighted by molar-refractivity contribution is 5.90. The first-order valence-corrected chi connectivity index (χ1v) is 9.04. The van der Waals surface area contributed by atoms with Crippen molar-refractivity contribution in [1.29, 1.82) is 0 Å². The zero-order chi connectivity index (χ0) is 20.4. The van der Waals surface area contributed by atoms with Gasteiger partial charge in [-0.25, -0.2) is 4.68 Å². The molecule has 0 aliphatic rings. The first kappa shape index (κ1) is 18.3. The molecule has 142 valence electrons. The molecule has 29 heavy (non-hydrogen) atoms. The van der Waals surface area contributed by atoms with Gasteiger partial charge in [-0.15, -0.1) is 0 Å². The number of hydrogen-bond donors (Lipinski definition) is 0. The number of non-ortho nitro benzene ring substituents is 1. The van der Waals surface area contributed by atoms with E-state index in [2.05, 4.69) is 5.10 Å². The number of fused-ring (bicyclic) bond motifs is 1. The van der Waals surface area contributed by atoms with E-state index in [1.54, 1.807) is 24.3 Å². The fourth-order valence-corrected chi connectivity index (χ4v) is 3.10. The molecule has 1 aromatic heterocycles. The highest BCUT2D eigenvalue weighted by atomic mass is 16.6. The van der Waals surface area contributed by atoms with E-state index in [0.717, 1.165) is 5.56 Å². The van der Waals surface area contributed by atoms with Crippen molar-refractivity contribution < 1.29 is 4.92 Å². The average molecular weight is 383 g/mol. The standard InChI is InChI=1S/C23H17N3O3/c1-16-6-8-17(9-7-16)10-15-21-20-4-2-3-5-22(27)23(20)25(24-21)18-11-13-19(14-12-18)26(28)29/h2-15H,1H3/b15-10+. The molecular weight excluding hydrogens is 366 g/mol. The first-order chi connectivity index (χ1) is 14.0. The van der Waals surface area contributed by atoms with Gasteiger partial charge in [0.1, 0.15) is 5.52 Å². The molecule has 0 fully saturated rings. The molecule has 0 aliphatic heterocycles. The summed E-state index contributed by atoms with van der Waals surface area (Å²) >= 11 is 0. The van der Waals surface area contributed by atoms with Gasteiger partial charge in [0.2, 0.25) is 5.43 Å². The van der Waals surface area contributed by atoms with Gasteiger partial charge in [-0.2, -0.15) is 5.10 Å². The molecule has 0 bridgehead atoms. The molecule has 0 spiro atoms. The van der Waals surface area contributed by atoms with E-state index >= 15 is 0 Å². The van der Waals surface area contributed by atoms with Gasteiger partial charge in [-0.05, 0) is 36.8 Å². The number of benzene rings is 2. The summed E-state index contributed by atoms with van der Waals surface area (Å²) in [7, 11) is 0. The second kappa shape index (κ2) is 7.52. The van der Waals surface area contributed by atoms with Gasteiger partial charge in [-0.3, -0.25) is 14.9 Å². The Kier molecular flexibility index (Phi) is 4.75. The molecule has 0 radical (unpaired) electrons. The van der Waals surface area contributed by atoms with E-state index in [1.807, 2.05) is 49.4 Å². The van der Waals surface area contributed by atoms with Crippen LogP contribution in [0.1, 0.15) is 16.8 Å². The second-order valence-electron chi connectivity index (χ2n) is 6.66. The third-order valence-electron chi connectivity index (χ3n) is 4.62. The second-order valence-corrected chi connectivity index (χ2v) is 6.66. The van der Waals surface area contributed by atoms with Crippen molar-refractivity contribution in [2.45, 2.75) is 6.92 Å². The van der Waals surface area contributed by atoms with Crippen molar-refractivity contribution in [3.63, 3.8) is 0 Å². The van der Waals surface area contributed by atoms with Crippen LogP contribution in [0.5, 0.6) is 0 Å². The zero-order valence-corrected chi connectivity index (χ0v) is 15.6. The van der Waals surface area contributed by atoms with Crippen molar-refractivity contribution in [1.82, 2.24) is 9.78 Å². The molecule has 0 saturated carbocycles. The van der Waals surface area contributed by atoms with E-state index in [1.165, 1.54) is 28.4 Å². The highest BCUT2D eigenvalue weighted by Gasteiger charge is 2.13. The van der Waals surface area contributed by atoms with Crippen LogP contribution in [0.25, 0.3) is 28.7 Å². The molecule has 4 aromatic rings. The highest BCUT2D eigenvalue weighted by Crippen LogP contribution is 2.22. The van der Waals surface area contributed by atoms with Gasteiger partial charge in [0, 0.05) is 17.5 Å². The Morgan fingerprint density at radius 2 is 1.62 bits per heavy atom. The van der Waals surface area contributed by atoms with Gasteiger partial charge < -0.3 is 0 Å². The number of aryl methyl sites for hydroxylation is 1. The monoisotopic (exact) mass is 383 g/mol. The predicted molar refractivity (Wildman–Crippen MR) is 114 cm³/mol. The summed E-state index contributed by atoms with van der Waals surface area (Å²) in [6, 6.07) is 20.9. The average Bonchev–Trinajstić information content (AvgIpc) is 2.98. The minimum Gasteiger partial charge on any atom is -0.288 e. The van der Waals surface area contributed by atoms with Gasteiger partial charge >= 0.3 is 0 Å². The smallest absolute Gasteiger partial charge is 0.269 e. The third-order valence-corrected chi connectivity index (χ3v) is 4.62. The van der Waals surface area contributed by atoms with E-state index in [4.69, 9.17) is 0 Å². The van der Waals surface area contributed by atoms with Crippen LogP contribution in [0.4, 0.5) is 5.69 Å². The number of rotatable bonds is 4. The molecule has 0 atom stereocenters. The SMILES string of the molecule is Cc1ccc(/C=C/c2nn(-c3ccc([N+](=O)[O-])cc3)c3c(=O)ccccc23)cc1. The van der Waals surface area contributed by atoms with Gasteiger partial charge in [0.15, 0.2) is 0 Å². The Balaban J connectivity index is 1.87. The predicted octanol–water partition coefficient (Wildman–Crippen LogP) is 4.77. The van der Waals surface area contributed by atoms with Crippen LogP contribution < -0.4 is 5.43 Å². The minimum atomic E-state index is -0.459. The van der Waals surface area contributed by atoms with Crippen LogP contribution >= 0.6 is 0 Å². The Bertz CT molecular complexity index is 1290. The van der Waals surface area contributed by atoms with Crippen LogP contribution in [0.3, 0.4) is 0 Å². The quantitative estimate of drug-likeness (QED) is 0.375. The maximum atomic E-state index is 12.7. The molecule has 0 saturated heterocycles. The van der Waals surface area contributed by atoms with E-state index in [9.17, 15) is 14.9 Å². The molecule has 6 heteroatoms. The summed E-state index contributed by atoms with van der Waals surface area (Å²) in [5.41, 5.74) is 3.66. The molecular formula is C23H17N3O3. The van der Waals surface area contributed by atoms with Crippen molar-refractivity contribution in [2.24, 2.45) is 0 Å². The summed E-state index contributed by atoms with van der Waals surface area (Å²) in [4.78, 5) is 23.1. The number of nitro groups is 1. The Morgan fingerprint density at radius 1 is 0.931 bits per heavy atom. The summed E-state index contributed by atoms with van der Waals surface area (Å²) in [5, 5.41) is 16.3. The first-order valence-electron chi connectivity index (χ1n) is 9.04. The maximum Gasteiger partial charge on any atom is 0.269 e. The molecule has 0 unspecified atom stereocenters. The lowest BCUT2D eigenvalue weighted by atomic mass is 10.1. The lowest BCUT2D eigenvalue weighted by Gasteiger charge is -2.01. The molecule has 0 aliphatic carbocycles. The normalized spacial score (nSPS) is 11.2. The van der Waals surface area contributed by atoms with Crippen LogP contribution in [-0.2, 0) is 0 Å². The third kappa shape index (κ3) is 3.68. The largest absolute Gasteiger partial charge is 0.288 e. The van der Waals surface area contributed by atoms with E-state index < -0.39 is 4.92 Å². The lowest BCUT2D eigenvalue weighted by molar-refractivity contribution is -0.384. The number of nitro benzene ring substituents is 1. The maximum absolute atomic E-state index is 12.7. The Morgan fingerprint density at radius 3 is 2.31 bits per heavy atom. The number of nitrogens with zero attached hydrogens (tertiary/aromatic N) is 3. The van der Waals surface area contributed by atoms with Gasteiger partial charge in [0.05, 0.1) is 16.3 Å². The summed E-state index contributed by atoms with van der Waals surface area (Å²) in [6.45, 7) is 2.03. The van der Waals surface area contributed by atoms with Gasteiger partial charge in [-0.1, -0.05) is 54.1 Å². The van der Waals surface area contributed by atoms with Crippen LogP contribution in [-0.4, -0.2) is 14.7 Å². The summed E-state index contributed by atoms with van der Waals surface area (Å²) in [6.07, 6.45) is 3.81. The fourth-order valence-electron chi connectivity index (χ4n) is 3.10.